The minimum Gasteiger partial charge on any atom is -0.329 e. The van der Waals surface area contributed by atoms with Crippen molar-refractivity contribution in [2.45, 2.75) is 13.1 Å². The van der Waals surface area contributed by atoms with Crippen molar-refractivity contribution in [3.8, 4) is 0 Å². The Balaban J connectivity index is 1.65. The molecule has 0 N–H and O–H groups in total. The molecular weight excluding hydrogens is 322 g/mol. The first-order valence-electron chi connectivity index (χ1n) is 8.61. The number of nitrogens with zero attached hydrogens (tertiary/aromatic N) is 3. The highest BCUT2D eigenvalue weighted by Gasteiger charge is 2.19. The van der Waals surface area contributed by atoms with E-state index in [1.807, 2.05) is 96.0 Å². The fourth-order valence-electron chi connectivity index (χ4n) is 3.01. The Morgan fingerprint density at radius 3 is 1.96 bits per heavy atom. The molecule has 0 atom stereocenters. The largest absolute Gasteiger partial charge is 0.329 e. The van der Waals surface area contributed by atoms with Crippen molar-refractivity contribution in [3.05, 3.63) is 108 Å². The Morgan fingerprint density at radius 1 is 0.808 bits per heavy atom. The number of hydrogen-bond donors (Lipinski definition) is 0. The molecule has 2 aromatic carbocycles. The van der Waals surface area contributed by atoms with Crippen LogP contribution < -0.4 is 0 Å². The summed E-state index contributed by atoms with van der Waals surface area (Å²) >= 11 is 0. The van der Waals surface area contributed by atoms with Crippen molar-refractivity contribution in [1.29, 1.82) is 0 Å². The SMILES string of the molecule is O=C(c1cc2ccccn2n1)N(Cc1ccccc1)Cc1ccccc1. The molecule has 1 amide bonds. The Kier molecular flexibility index (Phi) is 4.48. The molecule has 0 saturated carbocycles. The Bertz CT molecular complexity index is 935. The minimum absolute atomic E-state index is 0.0681. The van der Waals surface area contributed by atoms with Crippen LogP contribution in [-0.4, -0.2) is 20.4 Å². The van der Waals surface area contributed by atoms with Crippen LogP contribution in [0.4, 0.5) is 0 Å². The van der Waals surface area contributed by atoms with Gasteiger partial charge in [0.15, 0.2) is 5.69 Å². The summed E-state index contributed by atoms with van der Waals surface area (Å²) in [7, 11) is 0. The highest BCUT2D eigenvalue weighted by molar-refractivity contribution is 5.93. The summed E-state index contributed by atoms with van der Waals surface area (Å²) in [5, 5.41) is 4.44. The van der Waals surface area contributed by atoms with E-state index in [-0.39, 0.29) is 5.91 Å². The van der Waals surface area contributed by atoms with Gasteiger partial charge in [-0.1, -0.05) is 66.7 Å². The van der Waals surface area contributed by atoms with Gasteiger partial charge in [-0.2, -0.15) is 5.10 Å². The van der Waals surface area contributed by atoms with E-state index in [1.54, 1.807) is 4.52 Å². The molecule has 4 heteroatoms. The van der Waals surface area contributed by atoms with Crippen molar-refractivity contribution in [2.75, 3.05) is 0 Å². The third-order valence-corrected chi connectivity index (χ3v) is 4.31. The van der Waals surface area contributed by atoms with E-state index in [0.717, 1.165) is 16.6 Å². The second-order valence-electron chi connectivity index (χ2n) is 6.23. The number of benzene rings is 2. The number of carbonyl (C=O) groups excluding carboxylic acids is 1. The molecule has 4 aromatic rings. The molecule has 0 aliphatic carbocycles. The van der Waals surface area contributed by atoms with E-state index >= 15 is 0 Å². The number of hydrogen-bond acceptors (Lipinski definition) is 2. The van der Waals surface area contributed by atoms with Gasteiger partial charge in [0.2, 0.25) is 0 Å². The maximum atomic E-state index is 13.2. The number of carbonyl (C=O) groups is 1. The molecule has 0 aliphatic rings. The van der Waals surface area contributed by atoms with Crippen LogP contribution in [0.25, 0.3) is 5.52 Å². The lowest BCUT2D eigenvalue weighted by Gasteiger charge is -2.22. The molecule has 0 bridgehead atoms. The second kappa shape index (κ2) is 7.23. The molecule has 0 fully saturated rings. The summed E-state index contributed by atoms with van der Waals surface area (Å²) in [6.45, 7) is 1.09. The third kappa shape index (κ3) is 3.49. The molecule has 0 spiro atoms. The minimum atomic E-state index is -0.0681. The van der Waals surface area contributed by atoms with E-state index in [4.69, 9.17) is 0 Å². The van der Waals surface area contributed by atoms with Crippen LogP contribution in [0.15, 0.2) is 91.1 Å². The Morgan fingerprint density at radius 2 is 1.38 bits per heavy atom. The first kappa shape index (κ1) is 16.1. The fourth-order valence-corrected chi connectivity index (χ4v) is 3.01. The lowest BCUT2D eigenvalue weighted by molar-refractivity contribution is 0.0723. The van der Waals surface area contributed by atoms with E-state index in [1.165, 1.54) is 0 Å². The van der Waals surface area contributed by atoms with Gasteiger partial charge in [0.25, 0.3) is 5.91 Å². The highest BCUT2D eigenvalue weighted by atomic mass is 16.2. The van der Waals surface area contributed by atoms with Gasteiger partial charge in [-0.3, -0.25) is 4.79 Å². The third-order valence-electron chi connectivity index (χ3n) is 4.31. The monoisotopic (exact) mass is 341 g/mol. The lowest BCUT2D eigenvalue weighted by Crippen LogP contribution is -2.30. The zero-order valence-electron chi connectivity index (χ0n) is 14.3. The van der Waals surface area contributed by atoms with Gasteiger partial charge in [-0.25, -0.2) is 4.52 Å². The number of amides is 1. The first-order valence-corrected chi connectivity index (χ1v) is 8.61. The molecule has 0 saturated heterocycles. The van der Waals surface area contributed by atoms with Gasteiger partial charge >= 0.3 is 0 Å². The average molecular weight is 341 g/mol. The molecule has 4 nitrogen and oxygen atoms in total. The predicted octanol–water partition coefficient (Wildman–Crippen LogP) is 4.18. The average Bonchev–Trinajstić information content (AvgIpc) is 3.13. The van der Waals surface area contributed by atoms with E-state index in [2.05, 4.69) is 5.10 Å². The predicted molar refractivity (Wildman–Crippen MR) is 102 cm³/mol. The number of aromatic nitrogens is 2. The quantitative estimate of drug-likeness (QED) is 0.546. The standard InChI is InChI=1S/C22H19N3O/c26-22(21-15-20-13-7-8-14-25(20)23-21)24(16-18-9-3-1-4-10-18)17-19-11-5-2-6-12-19/h1-15H,16-17H2. The van der Waals surface area contributed by atoms with Crippen LogP contribution >= 0.6 is 0 Å². The molecule has 0 radical (unpaired) electrons. The number of rotatable bonds is 5. The van der Waals surface area contributed by atoms with Crippen LogP contribution in [-0.2, 0) is 13.1 Å². The molecule has 2 aromatic heterocycles. The summed E-state index contributed by atoms with van der Waals surface area (Å²) < 4.78 is 1.73. The maximum absolute atomic E-state index is 13.2. The molecular formula is C22H19N3O. The van der Waals surface area contributed by atoms with Gasteiger partial charge in [0, 0.05) is 19.3 Å². The van der Waals surface area contributed by atoms with Crippen molar-refractivity contribution in [2.24, 2.45) is 0 Å². The summed E-state index contributed by atoms with van der Waals surface area (Å²) in [4.78, 5) is 15.0. The zero-order chi connectivity index (χ0) is 17.8. The Labute approximate surface area is 152 Å². The molecule has 4 rings (SSSR count). The van der Waals surface area contributed by atoms with Gasteiger partial charge in [-0.05, 0) is 29.3 Å². The van der Waals surface area contributed by atoms with Crippen LogP contribution in [0.3, 0.4) is 0 Å². The van der Waals surface area contributed by atoms with Crippen molar-refractivity contribution < 1.29 is 4.79 Å². The van der Waals surface area contributed by atoms with Crippen molar-refractivity contribution in [3.63, 3.8) is 0 Å². The van der Waals surface area contributed by atoms with E-state index in [0.29, 0.717) is 18.8 Å². The topological polar surface area (TPSA) is 37.6 Å². The maximum Gasteiger partial charge on any atom is 0.274 e. The molecule has 0 aliphatic heterocycles. The first-order chi connectivity index (χ1) is 12.8. The molecule has 128 valence electrons. The summed E-state index contributed by atoms with van der Waals surface area (Å²) in [6, 6.07) is 27.7. The van der Waals surface area contributed by atoms with Crippen molar-refractivity contribution >= 4 is 11.4 Å². The molecule has 2 heterocycles. The van der Waals surface area contributed by atoms with Crippen LogP contribution in [0.5, 0.6) is 0 Å². The summed E-state index contributed by atoms with van der Waals surface area (Å²) in [5.74, 6) is -0.0681. The van der Waals surface area contributed by atoms with Gasteiger partial charge in [0.1, 0.15) is 0 Å². The smallest absolute Gasteiger partial charge is 0.274 e. The van der Waals surface area contributed by atoms with Crippen LogP contribution in [0.1, 0.15) is 21.6 Å². The fraction of sp³-hybridized carbons (Fsp3) is 0.0909. The highest BCUT2D eigenvalue weighted by Crippen LogP contribution is 2.15. The molecule has 0 unspecified atom stereocenters. The van der Waals surface area contributed by atoms with Crippen LogP contribution in [0, 0.1) is 0 Å². The second-order valence-corrected chi connectivity index (χ2v) is 6.23. The Hall–Kier alpha value is -3.40. The van der Waals surface area contributed by atoms with Gasteiger partial charge in [0.05, 0.1) is 5.52 Å². The van der Waals surface area contributed by atoms with E-state index < -0.39 is 0 Å². The van der Waals surface area contributed by atoms with E-state index in [9.17, 15) is 4.79 Å². The number of fused-ring (bicyclic) bond motifs is 1. The van der Waals surface area contributed by atoms with Gasteiger partial charge < -0.3 is 4.90 Å². The van der Waals surface area contributed by atoms with Crippen LogP contribution in [0.2, 0.25) is 0 Å². The zero-order valence-corrected chi connectivity index (χ0v) is 14.3. The van der Waals surface area contributed by atoms with Gasteiger partial charge in [-0.15, -0.1) is 0 Å². The summed E-state index contributed by atoms with van der Waals surface area (Å²) in [6.07, 6.45) is 1.85. The summed E-state index contributed by atoms with van der Waals surface area (Å²) in [5.41, 5.74) is 3.57. The van der Waals surface area contributed by atoms with Crippen molar-refractivity contribution in [1.82, 2.24) is 14.5 Å². The normalized spacial score (nSPS) is 10.8. The number of pyridine rings is 1. The molecule has 26 heavy (non-hydrogen) atoms. The lowest BCUT2D eigenvalue weighted by atomic mass is 10.1.